The molecule has 0 amide bonds. The number of unbranched alkanes of at least 4 members (excludes halogenated alkanes) is 7. The van der Waals surface area contributed by atoms with Crippen molar-refractivity contribution in [2.75, 3.05) is 40.5 Å². The predicted molar refractivity (Wildman–Crippen MR) is 87.1 cm³/mol. The predicted octanol–water partition coefficient (Wildman–Crippen LogP) is 4.21. The molecule has 0 aromatic carbocycles. The quantitative estimate of drug-likeness (QED) is 0.220. The minimum absolute atomic E-state index is 0.591. The van der Waals surface area contributed by atoms with Gasteiger partial charge in [0.15, 0.2) is 12.8 Å². The highest BCUT2D eigenvalue weighted by atomic mass is 31.1. The third-order valence-corrected chi connectivity index (χ3v) is 4.31. The lowest BCUT2D eigenvalue weighted by molar-refractivity contribution is -0.870. The van der Waals surface area contributed by atoms with Crippen LogP contribution in [0.4, 0.5) is 0 Å². The molecule has 0 spiro atoms. The van der Waals surface area contributed by atoms with Crippen LogP contribution < -0.4 is 0 Å². The minimum atomic E-state index is -1.45. The zero-order valence-electron chi connectivity index (χ0n) is 13.6. The smallest absolute Gasteiger partial charge is 0.329 e. The zero-order valence-corrected chi connectivity index (χ0v) is 14.5. The van der Waals surface area contributed by atoms with Crippen molar-refractivity contribution in [2.24, 2.45) is 0 Å². The first-order valence-electron chi connectivity index (χ1n) is 7.77. The number of nitrogens with zero attached hydrogens (tertiary/aromatic N) is 1. The first-order chi connectivity index (χ1) is 9.45. The van der Waals surface area contributed by atoms with Gasteiger partial charge in [-0.3, -0.25) is 0 Å². The van der Waals surface area contributed by atoms with Gasteiger partial charge in [-0.1, -0.05) is 25.7 Å². The molecular formula is C16H32NO2P+2. The van der Waals surface area contributed by atoms with Gasteiger partial charge in [-0.2, -0.15) is 0 Å². The lowest BCUT2D eigenvalue weighted by Crippen LogP contribution is -2.37. The summed E-state index contributed by atoms with van der Waals surface area (Å²) in [5.74, 6) is 2.67. The maximum Gasteiger partial charge on any atom is 0.508 e. The van der Waals surface area contributed by atoms with Crippen LogP contribution in [0.5, 0.6) is 0 Å². The van der Waals surface area contributed by atoms with E-state index in [2.05, 4.69) is 27.1 Å². The maximum absolute atomic E-state index is 11.6. The highest BCUT2D eigenvalue weighted by Gasteiger charge is 2.18. The molecule has 0 fully saturated rings. The number of terminal acetylenes is 1. The number of hydrogen-bond donors (Lipinski definition) is 0. The molecule has 4 heteroatoms. The van der Waals surface area contributed by atoms with Crippen molar-refractivity contribution in [1.82, 2.24) is 0 Å². The van der Waals surface area contributed by atoms with E-state index in [1.807, 2.05) is 0 Å². The molecule has 0 aliphatic heterocycles. The van der Waals surface area contributed by atoms with Gasteiger partial charge in [-0.15, -0.1) is 16.9 Å². The Labute approximate surface area is 126 Å². The Morgan fingerprint density at radius 1 is 1.00 bits per heavy atom. The van der Waals surface area contributed by atoms with Gasteiger partial charge in [-0.05, 0) is 23.8 Å². The van der Waals surface area contributed by atoms with Crippen molar-refractivity contribution in [3.63, 3.8) is 0 Å². The van der Waals surface area contributed by atoms with Crippen molar-refractivity contribution >= 4 is 8.03 Å². The SMILES string of the molecule is C#CCCCCCCCCC[P+](=O)OCC[N+](C)(C)C. The average molecular weight is 301 g/mol. The Morgan fingerprint density at radius 3 is 2.10 bits per heavy atom. The number of quaternary nitrogens is 1. The van der Waals surface area contributed by atoms with Gasteiger partial charge in [0, 0.05) is 6.42 Å². The third-order valence-electron chi connectivity index (χ3n) is 3.16. The van der Waals surface area contributed by atoms with Gasteiger partial charge in [-0.25, -0.2) is 0 Å². The van der Waals surface area contributed by atoms with E-state index in [0.29, 0.717) is 12.8 Å². The second kappa shape index (κ2) is 12.3. The fourth-order valence-corrected chi connectivity index (χ4v) is 2.73. The molecular weight excluding hydrogens is 269 g/mol. The van der Waals surface area contributed by atoms with E-state index in [9.17, 15) is 4.57 Å². The molecule has 0 rings (SSSR count). The van der Waals surface area contributed by atoms with Crippen LogP contribution in [-0.2, 0) is 9.09 Å². The van der Waals surface area contributed by atoms with Crippen LogP contribution in [0.15, 0.2) is 0 Å². The summed E-state index contributed by atoms with van der Waals surface area (Å²) in [7, 11) is 4.89. The highest BCUT2D eigenvalue weighted by Crippen LogP contribution is 2.24. The van der Waals surface area contributed by atoms with E-state index in [1.54, 1.807) is 0 Å². The fourth-order valence-electron chi connectivity index (χ4n) is 1.83. The molecule has 0 N–H and O–H groups in total. The second-order valence-electron chi connectivity index (χ2n) is 6.33. The highest BCUT2D eigenvalue weighted by molar-refractivity contribution is 7.39. The minimum Gasteiger partial charge on any atom is -0.329 e. The monoisotopic (exact) mass is 301 g/mol. The largest absolute Gasteiger partial charge is 0.508 e. The lowest BCUT2D eigenvalue weighted by atomic mass is 10.1. The van der Waals surface area contributed by atoms with Crippen molar-refractivity contribution in [1.29, 1.82) is 0 Å². The topological polar surface area (TPSA) is 26.3 Å². The van der Waals surface area contributed by atoms with Gasteiger partial charge in [0.1, 0.15) is 6.54 Å². The van der Waals surface area contributed by atoms with E-state index in [1.165, 1.54) is 25.7 Å². The first-order valence-corrected chi connectivity index (χ1v) is 9.13. The molecule has 1 unspecified atom stereocenters. The van der Waals surface area contributed by atoms with Gasteiger partial charge in [0.25, 0.3) is 0 Å². The lowest BCUT2D eigenvalue weighted by Gasteiger charge is -2.21. The van der Waals surface area contributed by atoms with Crippen LogP contribution in [-0.4, -0.2) is 44.9 Å². The Morgan fingerprint density at radius 2 is 1.55 bits per heavy atom. The third kappa shape index (κ3) is 15.6. The van der Waals surface area contributed by atoms with Gasteiger partial charge < -0.3 is 4.48 Å². The van der Waals surface area contributed by atoms with Crippen molar-refractivity contribution in [2.45, 2.75) is 51.4 Å². The van der Waals surface area contributed by atoms with Crippen LogP contribution in [0.2, 0.25) is 0 Å². The van der Waals surface area contributed by atoms with E-state index < -0.39 is 8.03 Å². The summed E-state index contributed by atoms with van der Waals surface area (Å²) >= 11 is 0. The van der Waals surface area contributed by atoms with Crippen molar-refractivity contribution in [3.8, 4) is 12.3 Å². The summed E-state index contributed by atoms with van der Waals surface area (Å²) in [6, 6.07) is 0. The van der Waals surface area contributed by atoms with Gasteiger partial charge in [0.05, 0.1) is 21.1 Å². The summed E-state index contributed by atoms with van der Waals surface area (Å²) in [5, 5.41) is 0. The average Bonchev–Trinajstić information content (AvgIpc) is 2.35. The van der Waals surface area contributed by atoms with E-state index in [4.69, 9.17) is 10.9 Å². The Balaban J connectivity index is 3.26. The van der Waals surface area contributed by atoms with Crippen molar-refractivity contribution in [3.05, 3.63) is 0 Å². The van der Waals surface area contributed by atoms with E-state index in [-0.39, 0.29) is 0 Å². The Bertz CT molecular complexity index is 292. The molecule has 1 atom stereocenters. The van der Waals surface area contributed by atoms with E-state index >= 15 is 0 Å². The fraction of sp³-hybridized carbons (Fsp3) is 0.875. The number of rotatable bonds is 13. The summed E-state index contributed by atoms with van der Waals surface area (Å²) in [6.07, 6.45) is 15.2. The van der Waals surface area contributed by atoms with Crippen molar-refractivity contribution < 1.29 is 13.6 Å². The van der Waals surface area contributed by atoms with Crippen LogP contribution in [0.25, 0.3) is 0 Å². The molecule has 0 saturated heterocycles. The number of likely N-dealkylation sites (N-methyl/N-ethyl adjacent to an activating group) is 1. The number of hydrogen-bond acceptors (Lipinski definition) is 2. The molecule has 0 heterocycles. The van der Waals surface area contributed by atoms with Crippen LogP contribution >= 0.6 is 8.03 Å². The Hall–Kier alpha value is -0.420. The molecule has 0 bridgehead atoms. The van der Waals surface area contributed by atoms with Crippen LogP contribution in [0.1, 0.15) is 51.4 Å². The summed E-state index contributed by atoms with van der Waals surface area (Å²) in [4.78, 5) is 0. The second-order valence-corrected chi connectivity index (χ2v) is 7.70. The molecule has 3 nitrogen and oxygen atoms in total. The molecule has 0 radical (unpaired) electrons. The zero-order chi connectivity index (χ0) is 15.3. The molecule has 116 valence electrons. The summed E-state index contributed by atoms with van der Waals surface area (Å²) in [6.45, 7) is 1.49. The standard InChI is InChI=1S/C16H32NO2P/c1-5-6-7-8-9-10-11-12-13-16-20(18)19-15-14-17(2,3)4/h1H,6-16H2,2-4H3/q+2. The molecule has 20 heavy (non-hydrogen) atoms. The summed E-state index contributed by atoms with van der Waals surface area (Å²) in [5.41, 5.74) is 0. The normalized spacial score (nSPS) is 12.2. The molecule has 0 aromatic heterocycles. The maximum atomic E-state index is 11.6. The molecule has 0 aliphatic rings. The van der Waals surface area contributed by atoms with E-state index in [0.717, 1.165) is 36.7 Å². The molecule has 0 saturated carbocycles. The van der Waals surface area contributed by atoms with Crippen LogP contribution in [0, 0.1) is 12.3 Å². The Kier molecular flexibility index (Phi) is 12.1. The van der Waals surface area contributed by atoms with Gasteiger partial charge >= 0.3 is 8.03 Å². The van der Waals surface area contributed by atoms with Gasteiger partial charge in [0.2, 0.25) is 0 Å². The molecule has 0 aliphatic carbocycles. The first kappa shape index (κ1) is 19.6. The summed E-state index contributed by atoms with van der Waals surface area (Å²) < 4.78 is 17.9. The molecule has 0 aromatic rings. The van der Waals surface area contributed by atoms with Crippen LogP contribution in [0.3, 0.4) is 0 Å².